The molecule has 0 saturated heterocycles. The minimum atomic E-state index is -0.353. The molecule has 0 aliphatic carbocycles. The average molecular weight is 481 g/mol. The van der Waals surface area contributed by atoms with Gasteiger partial charge in [-0.15, -0.1) is 0 Å². The minimum absolute atomic E-state index is 0.353. The fourth-order valence-electron chi connectivity index (χ4n) is 3.39. The highest BCUT2D eigenvalue weighted by Crippen LogP contribution is 2.23. The normalized spacial score (nSPS) is 10.9. The largest absolute Gasteiger partial charge is 0.494 e. The predicted octanol–water partition coefficient (Wildman–Crippen LogP) is 8.51. The molecule has 0 unspecified atom stereocenters. The lowest BCUT2D eigenvalue weighted by Crippen LogP contribution is -2.01. The molecular formula is C29H40N2O4. The van der Waals surface area contributed by atoms with Gasteiger partial charge in [-0.25, -0.2) is 4.79 Å². The minimum Gasteiger partial charge on any atom is -0.494 e. The van der Waals surface area contributed by atoms with Gasteiger partial charge < -0.3 is 14.2 Å². The van der Waals surface area contributed by atoms with E-state index in [1.54, 1.807) is 0 Å². The summed E-state index contributed by atoms with van der Waals surface area (Å²) in [4.78, 5) is 10.9. The molecule has 2 aromatic rings. The van der Waals surface area contributed by atoms with Crippen molar-refractivity contribution < 1.29 is 19.0 Å². The van der Waals surface area contributed by atoms with Crippen LogP contribution in [-0.4, -0.2) is 25.8 Å². The molecule has 0 atom stereocenters. The van der Waals surface area contributed by atoms with E-state index in [9.17, 15) is 4.79 Å². The number of carbonyl (C=O) groups is 1. The number of ether oxygens (including phenoxy) is 3. The van der Waals surface area contributed by atoms with Crippen LogP contribution in [0, 0.1) is 0 Å². The van der Waals surface area contributed by atoms with Crippen LogP contribution in [0.5, 0.6) is 11.5 Å². The zero-order valence-electron chi connectivity index (χ0n) is 21.1. The van der Waals surface area contributed by atoms with E-state index < -0.39 is 0 Å². The summed E-state index contributed by atoms with van der Waals surface area (Å²) in [6.07, 6.45) is 12.5. The van der Waals surface area contributed by atoms with E-state index >= 15 is 0 Å². The van der Waals surface area contributed by atoms with Crippen LogP contribution >= 0.6 is 0 Å². The molecule has 35 heavy (non-hydrogen) atoms. The van der Waals surface area contributed by atoms with Crippen molar-refractivity contribution in [1.82, 2.24) is 0 Å². The Bertz CT molecular complexity index is 863. The van der Waals surface area contributed by atoms with Crippen LogP contribution in [0.2, 0.25) is 0 Å². The van der Waals surface area contributed by atoms with Crippen LogP contribution in [0.4, 0.5) is 11.4 Å². The fourth-order valence-corrected chi connectivity index (χ4v) is 3.39. The van der Waals surface area contributed by atoms with Crippen LogP contribution < -0.4 is 9.47 Å². The molecule has 0 fully saturated rings. The van der Waals surface area contributed by atoms with Crippen LogP contribution in [0.1, 0.15) is 71.1 Å². The Morgan fingerprint density at radius 2 is 1.11 bits per heavy atom. The average Bonchev–Trinajstić information content (AvgIpc) is 2.89. The van der Waals surface area contributed by atoms with Crippen LogP contribution in [0.3, 0.4) is 0 Å². The summed E-state index contributed by atoms with van der Waals surface area (Å²) >= 11 is 0. The molecule has 190 valence electrons. The summed E-state index contributed by atoms with van der Waals surface area (Å²) < 4.78 is 16.6. The van der Waals surface area contributed by atoms with Gasteiger partial charge in [0.1, 0.15) is 11.5 Å². The summed E-state index contributed by atoms with van der Waals surface area (Å²) in [5.74, 6) is 1.35. The van der Waals surface area contributed by atoms with Crippen molar-refractivity contribution in [2.24, 2.45) is 10.2 Å². The molecular weight excluding hydrogens is 440 g/mol. The Morgan fingerprint density at radius 1 is 0.686 bits per heavy atom. The maximum atomic E-state index is 10.9. The second-order valence-corrected chi connectivity index (χ2v) is 8.44. The lowest BCUT2D eigenvalue weighted by Gasteiger charge is -2.06. The monoisotopic (exact) mass is 480 g/mol. The van der Waals surface area contributed by atoms with E-state index in [2.05, 4.69) is 23.7 Å². The van der Waals surface area contributed by atoms with Gasteiger partial charge in [-0.1, -0.05) is 58.4 Å². The lowest BCUT2D eigenvalue weighted by molar-refractivity contribution is -0.137. The van der Waals surface area contributed by atoms with Gasteiger partial charge in [-0.3, -0.25) is 0 Å². The van der Waals surface area contributed by atoms with Crippen molar-refractivity contribution in [2.45, 2.75) is 71.1 Å². The fraction of sp³-hybridized carbons (Fsp3) is 0.483. The van der Waals surface area contributed by atoms with Crippen molar-refractivity contribution in [1.29, 1.82) is 0 Å². The summed E-state index contributed by atoms with van der Waals surface area (Å²) in [6.45, 7) is 7.50. The Labute approximate surface area is 210 Å². The summed E-state index contributed by atoms with van der Waals surface area (Å²) in [7, 11) is 0. The van der Waals surface area contributed by atoms with Gasteiger partial charge in [0, 0.05) is 6.08 Å². The zero-order valence-corrected chi connectivity index (χ0v) is 21.1. The molecule has 6 nitrogen and oxygen atoms in total. The van der Waals surface area contributed by atoms with Crippen molar-refractivity contribution >= 4 is 17.3 Å². The van der Waals surface area contributed by atoms with Crippen molar-refractivity contribution in [3.05, 3.63) is 61.2 Å². The second kappa shape index (κ2) is 18.2. The molecule has 0 N–H and O–H groups in total. The van der Waals surface area contributed by atoms with Gasteiger partial charge in [-0.2, -0.15) is 10.2 Å². The summed E-state index contributed by atoms with van der Waals surface area (Å²) in [5.41, 5.74) is 1.57. The van der Waals surface area contributed by atoms with E-state index in [1.807, 2.05) is 48.5 Å². The third kappa shape index (κ3) is 13.4. The van der Waals surface area contributed by atoms with E-state index in [-0.39, 0.29) is 5.97 Å². The molecule has 0 radical (unpaired) electrons. The van der Waals surface area contributed by atoms with Gasteiger partial charge in [0.2, 0.25) is 0 Å². The standard InChI is InChI=1S/C29H40N2O4/c1-3-5-6-8-11-22-33-27-18-14-25(15-19-27)30-31-26-16-20-28(21-17-26)34-23-12-9-7-10-13-24-35-29(32)4-2/h4,14-21H,2-3,5-13,22-24H2,1H3. The highest BCUT2D eigenvalue weighted by atomic mass is 16.5. The van der Waals surface area contributed by atoms with E-state index in [0.29, 0.717) is 13.2 Å². The highest BCUT2D eigenvalue weighted by molar-refractivity contribution is 5.81. The molecule has 0 aliphatic rings. The predicted molar refractivity (Wildman–Crippen MR) is 141 cm³/mol. The maximum Gasteiger partial charge on any atom is 0.330 e. The van der Waals surface area contributed by atoms with Crippen molar-refractivity contribution in [3.8, 4) is 11.5 Å². The van der Waals surface area contributed by atoms with Gasteiger partial charge >= 0.3 is 5.97 Å². The Hall–Kier alpha value is -3.15. The van der Waals surface area contributed by atoms with Gasteiger partial charge in [0.25, 0.3) is 0 Å². The second-order valence-electron chi connectivity index (χ2n) is 8.44. The van der Waals surface area contributed by atoms with Crippen LogP contribution in [0.15, 0.2) is 71.4 Å². The Balaban J connectivity index is 1.58. The lowest BCUT2D eigenvalue weighted by atomic mass is 10.1. The molecule has 2 aromatic carbocycles. The van der Waals surface area contributed by atoms with Gasteiger partial charge in [0.15, 0.2) is 0 Å². The number of esters is 1. The summed E-state index contributed by atoms with van der Waals surface area (Å²) in [6, 6.07) is 15.4. The van der Waals surface area contributed by atoms with Crippen molar-refractivity contribution in [3.63, 3.8) is 0 Å². The smallest absolute Gasteiger partial charge is 0.330 e. The number of carbonyl (C=O) groups excluding carboxylic acids is 1. The first-order chi connectivity index (χ1) is 17.2. The SMILES string of the molecule is C=CC(=O)OCCCCCCCOc1ccc(N=Nc2ccc(OCCCCCCC)cc2)cc1. The highest BCUT2D eigenvalue weighted by Gasteiger charge is 1.99. The zero-order chi connectivity index (χ0) is 25.0. The number of nitrogens with zero attached hydrogens (tertiary/aromatic N) is 2. The number of hydrogen-bond acceptors (Lipinski definition) is 6. The van der Waals surface area contributed by atoms with Crippen LogP contribution in [0.25, 0.3) is 0 Å². The van der Waals surface area contributed by atoms with Crippen LogP contribution in [-0.2, 0) is 9.53 Å². The molecule has 2 rings (SSSR count). The van der Waals surface area contributed by atoms with Gasteiger partial charge in [-0.05, 0) is 67.8 Å². The molecule has 0 aromatic heterocycles. The number of unbranched alkanes of at least 4 members (excludes halogenated alkanes) is 8. The molecule has 6 heteroatoms. The number of rotatable bonds is 19. The Kier molecular flexibility index (Phi) is 14.6. The number of hydrogen-bond donors (Lipinski definition) is 0. The van der Waals surface area contributed by atoms with Crippen molar-refractivity contribution in [2.75, 3.05) is 19.8 Å². The number of azo groups is 1. The first-order valence-corrected chi connectivity index (χ1v) is 12.9. The first kappa shape index (κ1) is 28.1. The van der Waals surface area contributed by atoms with E-state index in [4.69, 9.17) is 14.2 Å². The molecule has 0 spiro atoms. The Morgan fingerprint density at radius 3 is 1.57 bits per heavy atom. The van der Waals surface area contributed by atoms with Gasteiger partial charge in [0.05, 0.1) is 31.2 Å². The third-order valence-corrected chi connectivity index (χ3v) is 5.44. The molecule has 0 aliphatic heterocycles. The third-order valence-electron chi connectivity index (χ3n) is 5.44. The molecule has 0 amide bonds. The molecule has 0 heterocycles. The molecule has 0 saturated carbocycles. The topological polar surface area (TPSA) is 69.5 Å². The summed E-state index contributed by atoms with van der Waals surface area (Å²) in [5, 5.41) is 8.61. The van der Waals surface area contributed by atoms with E-state index in [0.717, 1.165) is 68.0 Å². The quantitative estimate of drug-likeness (QED) is 0.0874. The molecule has 0 bridgehead atoms. The number of benzene rings is 2. The maximum absolute atomic E-state index is 10.9. The van der Waals surface area contributed by atoms with E-state index in [1.165, 1.54) is 31.8 Å². The first-order valence-electron chi connectivity index (χ1n) is 12.9.